The van der Waals surface area contributed by atoms with E-state index in [1.165, 1.54) is 5.56 Å². The number of amides is 1. The second-order valence-corrected chi connectivity index (χ2v) is 6.43. The highest BCUT2D eigenvalue weighted by atomic mass is 35.5. The molecule has 1 aromatic carbocycles. The van der Waals surface area contributed by atoms with Crippen LogP contribution in [-0.4, -0.2) is 62.9 Å². The lowest BCUT2D eigenvalue weighted by atomic mass is 10.1. The van der Waals surface area contributed by atoms with Gasteiger partial charge in [0.2, 0.25) is 5.91 Å². The van der Waals surface area contributed by atoms with E-state index in [-0.39, 0.29) is 36.8 Å². The van der Waals surface area contributed by atoms with E-state index in [0.717, 1.165) is 45.1 Å². The van der Waals surface area contributed by atoms with Gasteiger partial charge in [-0.05, 0) is 24.6 Å². The van der Waals surface area contributed by atoms with E-state index in [0.29, 0.717) is 19.1 Å². The topological polar surface area (TPSA) is 62.8 Å². The summed E-state index contributed by atoms with van der Waals surface area (Å²) in [6.45, 7) is 7.81. The van der Waals surface area contributed by atoms with Crippen molar-refractivity contribution in [1.29, 1.82) is 0 Å². The number of carbonyl (C=O) groups excluding carboxylic acids is 1. The van der Waals surface area contributed by atoms with Crippen LogP contribution in [0.15, 0.2) is 24.3 Å². The van der Waals surface area contributed by atoms with Crippen LogP contribution < -0.4 is 10.6 Å². The highest BCUT2D eigenvalue weighted by Crippen LogP contribution is 2.23. The average molecular weight is 406 g/mol. The van der Waals surface area contributed by atoms with Crippen molar-refractivity contribution in [2.45, 2.75) is 25.4 Å². The van der Waals surface area contributed by atoms with Gasteiger partial charge < -0.3 is 20.1 Å². The third kappa shape index (κ3) is 6.68. The number of ether oxygens (including phenoxy) is 2. The minimum Gasteiger partial charge on any atom is -0.379 e. The zero-order valence-electron chi connectivity index (χ0n) is 15.1. The fourth-order valence-corrected chi connectivity index (χ4v) is 3.24. The first-order valence-electron chi connectivity index (χ1n) is 8.75. The van der Waals surface area contributed by atoms with Gasteiger partial charge in [-0.2, -0.15) is 0 Å². The molecule has 2 saturated heterocycles. The van der Waals surface area contributed by atoms with Crippen LogP contribution >= 0.6 is 24.8 Å². The van der Waals surface area contributed by atoms with Crippen LogP contribution in [-0.2, 0) is 14.3 Å². The zero-order chi connectivity index (χ0) is 16.8. The van der Waals surface area contributed by atoms with E-state index in [1.54, 1.807) is 0 Å². The smallest absolute Gasteiger partial charge is 0.226 e. The van der Waals surface area contributed by atoms with E-state index in [1.807, 2.05) is 12.1 Å². The summed E-state index contributed by atoms with van der Waals surface area (Å²) in [5, 5.41) is 6.31. The van der Waals surface area contributed by atoms with Crippen LogP contribution in [0.2, 0.25) is 0 Å². The first-order valence-corrected chi connectivity index (χ1v) is 8.75. The van der Waals surface area contributed by atoms with E-state index in [4.69, 9.17) is 9.47 Å². The first-order chi connectivity index (χ1) is 11.7. The van der Waals surface area contributed by atoms with Crippen molar-refractivity contribution in [2.24, 2.45) is 0 Å². The number of rotatable bonds is 5. The van der Waals surface area contributed by atoms with Crippen molar-refractivity contribution in [2.75, 3.05) is 51.4 Å². The Morgan fingerprint density at radius 3 is 2.73 bits per heavy atom. The summed E-state index contributed by atoms with van der Waals surface area (Å²) in [6.07, 6.45) is 0.434. The van der Waals surface area contributed by atoms with Crippen LogP contribution in [0, 0.1) is 0 Å². The molecule has 2 unspecified atom stereocenters. The number of hydrogen-bond donors (Lipinski definition) is 2. The van der Waals surface area contributed by atoms with Gasteiger partial charge in [0.1, 0.15) is 0 Å². The van der Waals surface area contributed by atoms with Crippen molar-refractivity contribution in [3.05, 3.63) is 29.8 Å². The van der Waals surface area contributed by atoms with Crippen LogP contribution in [0.3, 0.4) is 0 Å². The van der Waals surface area contributed by atoms with Gasteiger partial charge in [-0.15, -0.1) is 24.8 Å². The Balaban J connectivity index is 0.00000169. The van der Waals surface area contributed by atoms with Gasteiger partial charge in [0.05, 0.1) is 26.4 Å². The molecule has 0 aromatic heterocycles. The molecule has 1 amide bonds. The molecule has 2 atom stereocenters. The number of nitrogens with one attached hydrogen (secondary N) is 2. The van der Waals surface area contributed by atoms with E-state index < -0.39 is 0 Å². The number of hydrogen-bond acceptors (Lipinski definition) is 5. The number of halogens is 2. The van der Waals surface area contributed by atoms with E-state index >= 15 is 0 Å². The van der Waals surface area contributed by atoms with Gasteiger partial charge in [-0.3, -0.25) is 9.69 Å². The minimum absolute atomic E-state index is 0. The molecule has 3 rings (SSSR count). The van der Waals surface area contributed by atoms with Crippen molar-refractivity contribution in [1.82, 2.24) is 10.2 Å². The van der Waals surface area contributed by atoms with Crippen LogP contribution in [0.5, 0.6) is 0 Å². The lowest BCUT2D eigenvalue weighted by Gasteiger charge is -2.32. The Bertz CT molecular complexity index is 550. The number of carbonyl (C=O) groups is 1. The van der Waals surface area contributed by atoms with Crippen LogP contribution in [0.25, 0.3) is 0 Å². The van der Waals surface area contributed by atoms with Gasteiger partial charge >= 0.3 is 0 Å². The second-order valence-electron chi connectivity index (χ2n) is 6.43. The van der Waals surface area contributed by atoms with Gasteiger partial charge in [-0.1, -0.05) is 12.1 Å². The molecule has 1 aromatic rings. The maximum Gasteiger partial charge on any atom is 0.226 e. The summed E-state index contributed by atoms with van der Waals surface area (Å²) in [5.41, 5.74) is 2.07. The van der Waals surface area contributed by atoms with E-state index in [9.17, 15) is 4.79 Å². The van der Waals surface area contributed by atoms with Crippen LogP contribution in [0.1, 0.15) is 24.9 Å². The predicted octanol–water partition coefficient (Wildman–Crippen LogP) is 2.24. The van der Waals surface area contributed by atoms with Gasteiger partial charge in [-0.25, -0.2) is 0 Å². The van der Waals surface area contributed by atoms with Crippen LogP contribution in [0.4, 0.5) is 5.69 Å². The first kappa shape index (κ1) is 23.1. The molecule has 0 aliphatic carbocycles. The summed E-state index contributed by atoms with van der Waals surface area (Å²) in [4.78, 5) is 14.6. The number of benzene rings is 1. The Morgan fingerprint density at radius 1 is 1.27 bits per heavy atom. The molecule has 0 bridgehead atoms. The average Bonchev–Trinajstić information content (AvgIpc) is 2.63. The lowest BCUT2D eigenvalue weighted by molar-refractivity contribution is -0.117. The largest absolute Gasteiger partial charge is 0.379 e. The van der Waals surface area contributed by atoms with Gasteiger partial charge in [0, 0.05) is 43.8 Å². The third-order valence-electron chi connectivity index (χ3n) is 4.68. The summed E-state index contributed by atoms with van der Waals surface area (Å²) in [5.74, 6) is 0.0224. The molecule has 6 nitrogen and oxygen atoms in total. The van der Waals surface area contributed by atoms with Crippen molar-refractivity contribution in [3.63, 3.8) is 0 Å². The molecular weight excluding hydrogens is 377 g/mol. The molecule has 0 spiro atoms. The monoisotopic (exact) mass is 405 g/mol. The molecule has 2 heterocycles. The standard InChI is InChI=1S/C18H27N3O3.2ClH/c1-14(21-6-9-23-10-7-21)15-3-2-4-16(11-15)20-18(22)12-17-13-24-8-5-19-17;;/h2-4,11,14,17,19H,5-10,12-13H2,1H3,(H,20,22);2*1H. The predicted molar refractivity (Wildman–Crippen MR) is 108 cm³/mol. The Kier molecular flexibility index (Phi) is 10.5. The fraction of sp³-hybridized carbons (Fsp3) is 0.611. The molecule has 2 N–H and O–H groups in total. The minimum atomic E-state index is 0. The molecular formula is C18H29Cl2N3O3. The molecule has 2 fully saturated rings. The maximum absolute atomic E-state index is 12.2. The van der Waals surface area contributed by atoms with Gasteiger partial charge in [0.15, 0.2) is 0 Å². The van der Waals surface area contributed by atoms with Crippen molar-refractivity contribution in [3.8, 4) is 0 Å². The number of nitrogens with zero attached hydrogens (tertiary/aromatic N) is 1. The molecule has 2 aliphatic rings. The number of morpholine rings is 2. The second kappa shape index (κ2) is 11.7. The summed E-state index contributed by atoms with van der Waals surface area (Å²) in [7, 11) is 0. The molecule has 26 heavy (non-hydrogen) atoms. The lowest BCUT2D eigenvalue weighted by Crippen LogP contribution is -2.43. The fourth-order valence-electron chi connectivity index (χ4n) is 3.24. The maximum atomic E-state index is 12.2. The Hall–Kier alpha value is -0.890. The normalized spacial score (nSPS) is 21.8. The molecule has 8 heteroatoms. The van der Waals surface area contributed by atoms with E-state index in [2.05, 4.69) is 34.6 Å². The summed E-state index contributed by atoms with van der Waals surface area (Å²) < 4.78 is 10.8. The third-order valence-corrected chi connectivity index (χ3v) is 4.68. The molecule has 2 aliphatic heterocycles. The molecule has 0 saturated carbocycles. The quantitative estimate of drug-likeness (QED) is 0.786. The summed E-state index contributed by atoms with van der Waals surface area (Å²) >= 11 is 0. The highest BCUT2D eigenvalue weighted by molar-refractivity contribution is 5.91. The summed E-state index contributed by atoms with van der Waals surface area (Å²) in [6, 6.07) is 8.56. The molecule has 0 radical (unpaired) electrons. The highest BCUT2D eigenvalue weighted by Gasteiger charge is 2.20. The van der Waals surface area contributed by atoms with Crippen molar-refractivity contribution >= 4 is 36.4 Å². The van der Waals surface area contributed by atoms with Crippen molar-refractivity contribution < 1.29 is 14.3 Å². The SMILES string of the molecule is CC(c1cccc(NC(=O)CC2COCCN2)c1)N1CCOCC1.Cl.Cl. The Labute approximate surface area is 167 Å². The number of anilines is 1. The zero-order valence-corrected chi connectivity index (χ0v) is 16.7. The Morgan fingerprint density at radius 2 is 2.04 bits per heavy atom. The molecule has 148 valence electrons. The van der Waals surface area contributed by atoms with Gasteiger partial charge in [0.25, 0.3) is 0 Å².